The Balaban J connectivity index is 2.38. The summed E-state index contributed by atoms with van der Waals surface area (Å²) in [6.07, 6.45) is 4.93. The molecule has 2 atom stereocenters. The summed E-state index contributed by atoms with van der Waals surface area (Å²) in [5.41, 5.74) is 0. The van der Waals surface area contributed by atoms with Crippen LogP contribution in [0.15, 0.2) is 0 Å². The van der Waals surface area contributed by atoms with E-state index in [1.165, 1.54) is 0 Å². The van der Waals surface area contributed by atoms with E-state index in [9.17, 15) is 8.42 Å². The highest BCUT2D eigenvalue weighted by atomic mass is 32.2. The van der Waals surface area contributed by atoms with Crippen LogP contribution in [0, 0.1) is 0 Å². The smallest absolute Gasteiger partial charge is 0.216 e. The van der Waals surface area contributed by atoms with Crippen molar-refractivity contribution in [3.05, 3.63) is 0 Å². The first kappa shape index (κ1) is 10.3. The van der Waals surface area contributed by atoms with Crippen LogP contribution in [0.1, 0.15) is 19.3 Å². The molecule has 0 aromatic rings. The molecule has 0 aliphatic heterocycles. The van der Waals surface area contributed by atoms with Gasteiger partial charge in [-0.25, -0.2) is 5.14 Å². The van der Waals surface area contributed by atoms with E-state index in [1.807, 2.05) is 6.26 Å². The Bertz CT molecular complexity index is 240. The van der Waals surface area contributed by atoms with Crippen molar-refractivity contribution in [2.45, 2.75) is 30.6 Å². The van der Waals surface area contributed by atoms with Gasteiger partial charge in [-0.2, -0.15) is 24.9 Å². The van der Waals surface area contributed by atoms with Crippen molar-refractivity contribution in [2.75, 3.05) is 6.26 Å². The molecule has 0 spiro atoms. The van der Waals surface area contributed by atoms with Gasteiger partial charge in [0.15, 0.2) is 0 Å². The zero-order valence-electron chi connectivity index (χ0n) is 6.99. The maximum absolute atomic E-state index is 10.6. The first-order valence-corrected chi connectivity index (χ1v) is 6.67. The second-order valence-electron chi connectivity index (χ2n) is 3.03. The Morgan fingerprint density at radius 2 is 2.17 bits per heavy atom. The van der Waals surface area contributed by atoms with Gasteiger partial charge < -0.3 is 0 Å². The van der Waals surface area contributed by atoms with Crippen molar-refractivity contribution in [3.8, 4) is 0 Å². The van der Waals surface area contributed by atoms with Crippen LogP contribution in [0.25, 0.3) is 0 Å². The number of hydrogen-bond donors (Lipinski definition) is 2. The summed E-state index contributed by atoms with van der Waals surface area (Å²) in [7, 11) is -3.50. The van der Waals surface area contributed by atoms with Crippen LogP contribution in [0.5, 0.6) is 0 Å². The highest BCUT2D eigenvalue weighted by molar-refractivity contribution is 7.99. The lowest BCUT2D eigenvalue weighted by molar-refractivity contribution is 0.554. The Hall–Kier alpha value is 0.220. The van der Waals surface area contributed by atoms with Crippen molar-refractivity contribution in [2.24, 2.45) is 5.14 Å². The van der Waals surface area contributed by atoms with E-state index in [0.29, 0.717) is 5.25 Å². The minimum absolute atomic E-state index is 0.0532. The quantitative estimate of drug-likeness (QED) is 0.692. The van der Waals surface area contributed by atoms with Gasteiger partial charge in [0.25, 0.3) is 10.2 Å². The number of thioether (sulfide) groups is 1. The number of nitrogens with one attached hydrogen (secondary N) is 1. The largest absolute Gasteiger partial charge is 0.274 e. The molecule has 3 N–H and O–H groups in total. The van der Waals surface area contributed by atoms with Crippen molar-refractivity contribution in [3.63, 3.8) is 0 Å². The molecule has 1 aliphatic carbocycles. The standard InChI is InChI=1S/C6H14N2O2S2/c1-11-6-3-2-5(4-6)8-12(7,9)10/h5-6,8H,2-4H2,1H3,(H2,7,9,10). The van der Waals surface area contributed by atoms with Gasteiger partial charge in [-0.1, -0.05) is 0 Å². The van der Waals surface area contributed by atoms with Gasteiger partial charge in [0, 0.05) is 11.3 Å². The minimum atomic E-state index is -3.50. The molecule has 4 nitrogen and oxygen atoms in total. The molecule has 0 aromatic heterocycles. The summed E-state index contributed by atoms with van der Waals surface area (Å²) in [5.74, 6) is 0. The third-order valence-electron chi connectivity index (χ3n) is 2.05. The fraction of sp³-hybridized carbons (Fsp3) is 1.00. The molecule has 0 amide bonds. The first-order chi connectivity index (χ1) is 5.51. The van der Waals surface area contributed by atoms with Gasteiger partial charge in [-0.05, 0) is 25.5 Å². The predicted octanol–water partition coefficient (Wildman–Crippen LogP) is 0.0636. The zero-order chi connectivity index (χ0) is 9.19. The average Bonchev–Trinajstić information content (AvgIpc) is 2.32. The van der Waals surface area contributed by atoms with Gasteiger partial charge in [-0.3, -0.25) is 0 Å². The third kappa shape index (κ3) is 3.30. The van der Waals surface area contributed by atoms with Crippen molar-refractivity contribution in [1.82, 2.24) is 4.72 Å². The molecule has 1 fully saturated rings. The summed E-state index contributed by atoms with van der Waals surface area (Å²) in [6.45, 7) is 0. The monoisotopic (exact) mass is 210 g/mol. The lowest BCUT2D eigenvalue weighted by Crippen LogP contribution is -2.38. The SMILES string of the molecule is CSC1CCC(NS(N)(=O)=O)C1. The molecule has 12 heavy (non-hydrogen) atoms. The van der Waals surface area contributed by atoms with E-state index in [-0.39, 0.29) is 6.04 Å². The second kappa shape index (κ2) is 3.95. The summed E-state index contributed by atoms with van der Waals surface area (Å²) >= 11 is 1.79. The number of rotatable bonds is 3. The normalized spacial score (nSPS) is 30.8. The van der Waals surface area contributed by atoms with Gasteiger partial charge in [-0.15, -0.1) is 0 Å². The summed E-state index contributed by atoms with van der Waals surface area (Å²) < 4.78 is 23.7. The number of hydrogen-bond acceptors (Lipinski definition) is 3. The molecular weight excluding hydrogens is 196 g/mol. The Kier molecular flexibility index (Phi) is 3.39. The van der Waals surface area contributed by atoms with E-state index in [1.54, 1.807) is 11.8 Å². The highest BCUT2D eigenvalue weighted by Crippen LogP contribution is 2.28. The van der Waals surface area contributed by atoms with Crippen LogP contribution in [0.3, 0.4) is 0 Å². The van der Waals surface area contributed by atoms with E-state index in [2.05, 4.69) is 4.72 Å². The van der Waals surface area contributed by atoms with Crippen LogP contribution in [0.4, 0.5) is 0 Å². The van der Waals surface area contributed by atoms with Crippen molar-refractivity contribution < 1.29 is 8.42 Å². The second-order valence-corrected chi connectivity index (χ2v) is 5.49. The van der Waals surface area contributed by atoms with Crippen molar-refractivity contribution >= 4 is 22.0 Å². The van der Waals surface area contributed by atoms with E-state index in [4.69, 9.17) is 5.14 Å². The van der Waals surface area contributed by atoms with E-state index < -0.39 is 10.2 Å². The first-order valence-electron chi connectivity index (χ1n) is 3.84. The molecule has 0 aromatic carbocycles. The van der Waals surface area contributed by atoms with E-state index in [0.717, 1.165) is 19.3 Å². The molecular formula is C6H14N2O2S2. The topological polar surface area (TPSA) is 72.2 Å². The molecule has 72 valence electrons. The van der Waals surface area contributed by atoms with Crippen LogP contribution < -0.4 is 9.86 Å². The fourth-order valence-electron chi connectivity index (χ4n) is 1.49. The molecule has 6 heteroatoms. The van der Waals surface area contributed by atoms with Crippen LogP contribution in [-0.2, 0) is 10.2 Å². The van der Waals surface area contributed by atoms with Gasteiger partial charge in [0.05, 0.1) is 0 Å². The van der Waals surface area contributed by atoms with Gasteiger partial charge in [0.1, 0.15) is 0 Å². The zero-order valence-corrected chi connectivity index (χ0v) is 8.62. The molecule has 2 unspecified atom stereocenters. The third-order valence-corrected chi connectivity index (χ3v) is 3.81. The molecule has 0 heterocycles. The van der Waals surface area contributed by atoms with Crippen LogP contribution in [0.2, 0.25) is 0 Å². The lowest BCUT2D eigenvalue weighted by atomic mass is 10.3. The van der Waals surface area contributed by atoms with Gasteiger partial charge in [0.2, 0.25) is 0 Å². The molecule has 0 radical (unpaired) electrons. The predicted molar refractivity (Wildman–Crippen MR) is 51.2 cm³/mol. The molecule has 1 saturated carbocycles. The summed E-state index contributed by atoms with van der Waals surface area (Å²) in [6, 6.07) is 0.0532. The Morgan fingerprint density at radius 1 is 1.50 bits per heavy atom. The maximum Gasteiger partial charge on any atom is 0.274 e. The maximum atomic E-state index is 10.6. The summed E-state index contributed by atoms with van der Waals surface area (Å²) in [4.78, 5) is 0. The average molecular weight is 210 g/mol. The molecule has 0 bridgehead atoms. The molecule has 1 aliphatic rings. The van der Waals surface area contributed by atoms with Gasteiger partial charge >= 0.3 is 0 Å². The van der Waals surface area contributed by atoms with Crippen LogP contribution >= 0.6 is 11.8 Å². The molecule has 1 rings (SSSR count). The van der Waals surface area contributed by atoms with E-state index >= 15 is 0 Å². The Labute approximate surface area is 77.5 Å². The minimum Gasteiger partial charge on any atom is -0.216 e. The van der Waals surface area contributed by atoms with Crippen LogP contribution in [-0.4, -0.2) is 26.0 Å². The highest BCUT2D eigenvalue weighted by Gasteiger charge is 2.25. The van der Waals surface area contributed by atoms with Crippen molar-refractivity contribution in [1.29, 1.82) is 0 Å². The fourth-order valence-corrected chi connectivity index (χ4v) is 2.97. The molecule has 0 saturated heterocycles. The number of nitrogens with two attached hydrogens (primary N) is 1. The lowest BCUT2D eigenvalue weighted by Gasteiger charge is -2.09. The summed E-state index contributed by atoms with van der Waals surface area (Å²) in [5, 5.41) is 5.44. The Morgan fingerprint density at radius 3 is 2.58 bits per heavy atom.